The lowest BCUT2D eigenvalue weighted by Crippen LogP contribution is -1.99. The third-order valence-electron chi connectivity index (χ3n) is 3.18. The van der Waals surface area contributed by atoms with Crippen LogP contribution in [0.4, 0.5) is 4.39 Å². The number of isocyanates is 1. The molecule has 1 aliphatic rings. The number of hydrogen-bond acceptors (Lipinski definition) is 3. The van der Waals surface area contributed by atoms with Gasteiger partial charge in [-0.15, -0.1) is 0 Å². The predicted octanol–water partition coefficient (Wildman–Crippen LogP) is 3.41. The van der Waals surface area contributed by atoms with Crippen LogP contribution >= 0.6 is 0 Å². The van der Waals surface area contributed by atoms with Crippen molar-refractivity contribution in [2.75, 3.05) is 0 Å². The molecule has 0 spiro atoms. The van der Waals surface area contributed by atoms with Gasteiger partial charge in [-0.1, -0.05) is 0 Å². The lowest BCUT2D eigenvalue weighted by atomic mass is 10.2. The number of carbonyl (C=O) groups excluding carboxylic acids is 1. The zero-order chi connectivity index (χ0) is 12.6. The standard InChI is InChI=1S/C14H10FNO2/c15-11-3-1-10(2-4-11)12-5-6-13(18-12)14(7-8-14)16-9-17/h1-6H,7-8H2. The first-order chi connectivity index (χ1) is 8.73. The molecule has 1 aliphatic carbocycles. The summed E-state index contributed by atoms with van der Waals surface area (Å²) in [6.07, 6.45) is 3.20. The molecule has 0 amide bonds. The number of rotatable bonds is 3. The highest BCUT2D eigenvalue weighted by Gasteiger charge is 2.47. The van der Waals surface area contributed by atoms with Crippen molar-refractivity contribution in [1.82, 2.24) is 0 Å². The third-order valence-corrected chi connectivity index (χ3v) is 3.18. The maximum atomic E-state index is 12.8. The minimum Gasteiger partial charge on any atom is -0.458 e. The Hall–Kier alpha value is -2.19. The molecule has 1 aromatic carbocycles. The van der Waals surface area contributed by atoms with Gasteiger partial charge in [0, 0.05) is 5.56 Å². The summed E-state index contributed by atoms with van der Waals surface area (Å²) < 4.78 is 18.5. The molecule has 1 fully saturated rings. The molecule has 1 heterocycles. The third kappa shape index (κ3) is 1.77. The Morgan fingerprint density at radius 3 is 2.50 bits per heavy atom. The second-order valence-electron chi connectivity index (χ2n) is 4.41. The van der Waals surface area contributed by atoms with Crippen molar-refractivity contribution >= 4 is 6.08 Å². The Balaban J connectivity index is 1.95. The average molecular weight is 243 g/mol. The lowest BCUT2D eigenvalue weighted by molar-refractivity contribution is 0.464. The summed E-state index contributed by atoms with van der Waals surface area (Å²) in [6.45, 7) is 0. The number of aliphatic imine (C=N–C) groups is 1. The summed E-state index contributed by atoms with van der Waals surface area (Å²) in [6, 6.07) is 9.69. The van der Waals surface area contributed by atoms with Crippen LogP contribution in [0.2, 0.25) is 0 Å². The van der Waals surface area contributed by atoms with Crippen molar-refractivity contribution in [2.45, 2.75) is 18.4 Å². The SMILES string of the molecule is O=C=NC1(c2ccc(-c3ccc(F)cc3)o2)CC1. The molecule has 90 valence electrons. The molecular formula is C14H10FNO2. The maximum absolute atomic E-state index is 12.8. The van der Waals surface area contributed by atoms with E-state index in [-0.39, 0.29) is 5.82 Å². The maximum Gasteiger partial charge on any atom is 0.235 e. The first-order valence-corrected chi connectivity index (χ1v) is 5.69. The van der Waals surface area contributed by atoms with E-state index < -0.39 is 5.54 Å². The van der Waals surface area contributed by atoms with Crippen LogP contribution in [0, 0.1) is 5.82 Å². The minimum absolute atomic E-state index is 0.283. The van der Waals surface area contributed by atoms with E-state index in [1.165, 1.54) is 12.1 Å². The fourth-order valence-electron chi connectivity index (χ4n) is 1.98. The monoisotopic (exact) mass is 243 g/mol. The van der Waals surface area contributed by atoms with Gasteiger partial charge in [-0.25, -0.2) is 9.18 Å². The van der Waals surface area contributed by atoms with Gasteiger partial charge in [0.25, 0.3) is 0 Å². The highest BCUT2D eigenvalue weighted by atomic mass is 19.1. The van der Waals surface area contributed by atoms with Crippen molar-refractivity contribution in [3.05, 3.63) is 48.0 Å². The quantitative estimate of drug-likeness (QED) is 0.612. The summed E-state index contributed by atoms with van der Waals surface area (Å²) >= 11 is 0. The molecule has 4 heteroatoms. The van der Waals surface area contributed by atoms with E-state index >= 15 is 0 Å². The van der Waals surface area contributed by atoms with Gasteiger partial charge in [0.1, 0.15) is 22.9 Å². The van der Waals surface area contributed by atoms with Gasteiger partial charge < -0.3 is 4.42 Å². The molecule has 0 atom stereocenters. The van der Waals surface area contributed by atoms with Crippen LogP contribution in [0.1, 0.15) is 18.6 Å². The van der Waals surface area contributed by atoms with Gasteiger partial charge in [-0.3, -0.25) is 0 Å². The summed E-state index contributed by atoms with van der Waals surface area (Å²) in [5, 5.41) is 0. The smallest absolute Gasteiger partial charge is 0.235 e. The van der Waals surface area contributed by atoms with E-state index in [1.54, 1.807) is 18.2 Å². The van der Waals surface area contributed by atoms with E-state index in [0.29, 0.717) is 11.5 Å². The Bertz CT molecular complexity index is 619. The normalized spacial score (nSPS) is 16.1. The zero-order valence-electron chi connectivity index (χ0n) is 9.52. The van der Waals surface area contributed by atoms with Crippen molar-refractivity contribution < 1.29 is 13.6 Å². The molecule has 2 aromatic rings. The molecule has 0 unspecified atom stereocenters. The Morgan fingerprint density at radius 2 is 1.89 bits per heavy atom. The van der Waals surface area contributed by atoms with Crippen LogP contribution in [0.3, 0.4) is 0 Å². The Kier molecular flexibility index (Phi) is 2.39. The van der Waals surface area contributed by atoms with E-state index in [4.69, 9.17) is 4.42 Å². The second kappa shape index (κ2) is 3.93. The van der Waals surface area contributed by atoms with E-state index in [0.717, 1.165) is 18.4 Å². The lowest BCUT2D eigenvalue weighted by Gasteiger charge is -2.02. The number of furan rings is 1. The van der Waals surface area contributed by atoms with Gasteiger partial charge in [0.2, 0.25) is 6.08 Å². The Labute approximate surface area is 103 Å². The van der Waals surface area contributed by atoms with Gasteiger partial charge in [0.05, 0.1) is 0 Å². The fraction of sp³-hybridized carbons (Fsp3) is 0.214. The molecule has 0 N–H and O–H groups in total. The second-order valence-corrected chi connectivity index (χ2v) is 4.41. The van der Waals surface area contributed by atoms with Crippen LogP contribution < -0.4 is 0 Å². The largest absolute Gasteiger partial charge is 0.458 e. The molecule has 0 aliphatic heterocycles. The minimum atomic E-state index is -0.500. The molecule has 1 aromatic heterocycles. The molecule has 18 heavy (non-hydrogen) atoms. The van der Waals surface area contributed by atoms with Crippen LogP contribution in [0.5, 0.6) is 0 Å². The molecule has 0 bridgehead atoms. The summed E-state index contributed by atoms with van der Waals surface area (Å²) in [4.78, 5) is 14.2. The highest BCUT2D eigenvalue weighted by Crippen LogP contribution is 2.50. The predicted molar refractivity (Wildman–Crippen MR) is 63.1 cm³/mol. The molecule has 3 rings (SSSR count). The summed E-state index contributed by atoms with van der Waals surface area (Å²) in [7, 11) is 0. The van der Waals surface area contributed by atoms with Crippen LogP contribution in [0.25, 0.3) is 11.3 Å². The van der Waals surface area contributed by atoms with Gasteiger partial charge in [-0.05, 0) is 49.2 Å². The Morgan fingerprint density at radius 1 is 1.17 bits per heavy atom. The topological polar surface area (TPSA) is 42.6 Å². The first-order valence-electron chi connectivity index (χ1n) is 5.69. The van der Waals surface area contributed by atoms with E-state index in [9.17, 15) is 9.18 Å². The van der Waals surface area contributed by atoms with Crippen molar-refractivity contribution in [1.29, 1.82) is 0 Å². The fourth-order valence-corrected chi connectivity index (χ4v) is 1.98. The molecule has 0 saturated heterocycles. The molecular weight excluding hydrogens is 233 g/mol. The van der Waals surface area contributed by atoms with Crippen molar-refractivity contribution in [3.63, 3.8) is 0 Å². The molecule has 3 nitrogen and oxygen atoms in total. The molecule has 1 saturated carbocycles. The van der Waals surface area contributed by atoms with Gasteiger partial charge in [-0.2, -0.15) is 4.99 Å². The molecule has 0 radical (unpaired) electrons. The number of nitrogens with zero attached hydrogens (tertiary/aromatic N) is 1. The number of halogens is 1. The average Bonchev–Trinajstić information content (AvgIpc) is 2.99. The van der Waals surface area contributed by atoms with Crippen molar-refractivity contribution in [3.8, 4) is 11.3 Å². The summed E-state index contributed by atoms with van der Waals surface area (Å²) in [5.74, 6) is 1.04. The van der Waals surface area contributed by atoms with Crippen LogP contribution in [-0.2, 0) is 10.3 Å². The highest BCUT2D eigenvalue weighted by molar-refractivity contribution is 5.58. The zero-order valence-corrected chi connectivity index (χ0v) is 9.52. The van der Waals surface area contributed by atoms with Crippen LogP contribution in [0.15, 0.2) is 45.8 Å². The first kappa shape index (κ1) is 10.9. The van der Waals surface area contributed by atoms with Crippen LogP contribution in [-0.4, -0.2) is 6.08 Å². The van der Waals surface area contributed by atoms with E-state index in [1.807, 2.05) is 12.1 Å². The summed E-state index contributed by atoms with van der Waals surface area (Å²) in [5.41, 5.74) is 0.300. The van der Waals surface area contributed by atoms with Gasteiger partial charge >= 0.3 is 0 Å². The van der Waals surface area contributed by atoms with E-state index in [2.05, 4.69) is 4.99 Å². The van der Waals surface area contributed by atoms with Crippen molar-refractivity contribution in [2.24, 2.45) is 4.99 Å². The van der Waals surface area contributed by atoms with Gasteiger partial charge in [0.15, 0.2) is 0 Å². The number of hydrogen-bond donors (Lipinski definition) is 0. The number of benzene rings is 1.